The van der Waals surface area contributed by atoms with Crippen LogP contribution in [0.25, 0.3) is 105 Å². The van der Waals surface area contributed by atoms with Crippen molar-refractivity contribution in [1.82, 2.24) is 9.38 Å². The van der Waals surface area contributed by atoms with Crippen LogP contribution in [0, 0.1) is 23.7 Å². The van der Waals surface area contributed by atoms with Gasteiger partial charge in [-0.05, 0) is 140 Å². The number of rotatable bonds is 2. The average molecular weight is 768 g/mol. The van der Waals surface area contributed by atoms with E-state index in [4.69, 9.17) is 4.98 Å². The topological polar surface area (TPSA) is 41.1 Å². The van der Waals surface area contributed by atoms with E-state index in [2.05, 4.69) is 177 Å². The summed E-state index contributed by atoms with van der Waals surface area (Å²) >= 11 is 0. The lowest BCUT2D eigenvalue weighted by Gasteiger charge is -2.50. The Balaban J connectivity index is 1.15. The van der Waals surface area contributed by atoms with Gasteiger partial charge in [-0.15, -0.1) is 0 Å². The number of nitriles is 1. The number of pyridine rings is 1. The number of hydrogen-bond donors (Lipinski definition) is 0. The molecule has 2 bridgehead atoms. The van der Waals surface area contributed by atoms with E-state index in [0.29, 0.717) is 11.8 Å². The highest BCUT2D eigenvalue weighted by atomic mass is 14.9. The van der Waals surface area contributed by atoms with E-state index < -0.39 is 0 Å². The summed E-state index contributed by atoms with van der Waals surface area (Å²) in [6.07, 6.45) is 5.55. The Morgan fingerprint density at radius 2 is 1.17 bits per heavy atom. The zero-order valence-electron chi connectivity index (χ0n) is 34.0. The summed E-state index contributed by atoms with van der Waals surface area (Å²) < 4.78 is 2.45. The Morgan fingerprint density at radius 3 is 1.78 bits per heavy atom. The fraction of sp³-hybridized carbons (Fsp3) is 0.158. The Bertz CT molecular complexity index is 3520. The molecule has 7 aromatic carbocycles. The van der Waals surface area contributed by atoms with E-state index in [0.717, 1.165) is 40.7 Å². The molecule has 2 atom stereocenters. The fourth-order valence-corrected chi connectivity index (χ4v) is 12.3. The third kappa shape index (κ3) is 4.41. The molecule has 14 rings (SSSR count). The molecule has 0 N–H and O–H groups in total. The van der Waals surface area contributed by atoms with Gasteiger partial charge in [0.15, 0.2) is 0 Å². The van der Waals surface area contributed by atoms with E-state index in [1.807, 2.05) is 0 Å². The number of nitrogens with zero attached hydrogens (tertiary/aromatic N) is 3. The first-order valence-corrected chi connectivity index (χ1v) is 21.5. The first kappa shape index (κ1) is 33.9. The molecule has 0 spiro atoms. The number of hydrogen-bond acceptors (Lipinski definition) is 2. The van der Waals surface area contributed by atoms with Gasteiger partial charge >= 0.3 is 0 Å². The van der Waals surface area contributed by atoms with Gasteiger partial charge < -0.3 is 4.40 Å². The minimum atomic E-state index is 0.161. The normalized spacial score (nSPS) is 17.2. The SMILES string of the molecule is Cc1c(-c2ccccc2)ncc2c1c1cc(-c3ccc4c(c3)-c3ccccc3-c3ccccc3-c3ccccc3-4)cc3c4c5c(c(C#N)cc4n2c13)C1CCC5C(C)(C)C1. The van der Waals surface area contributed by atoms with Gasteiger partial charge in [0.05, 0.1) is 40.1 Å². The van der Waals surface area contributed by atoms with Crippen LogP contribution in [-0.2, 0) is 0 Å². The van der Waals surface area contributed by atoms with Gasteiger partial charge in [-0.3, -0.25) is 4.98 Å². The van der Waals surface area contributed by atoms with Gasteiger partial charge in [0, 0.05) is 27.1 Å². The smallest absolute Gasteiger partial charge is 0.0995 e. The Kier molecular flexibility index (Phi) is 6.80. The summed E-state index contributed by atoms with van der Waals surface area (Å²) in [7, 11) is 0. The second kappa shape index (κ2) is 12.0. The molecule has 0 radical (unpaired) electrons. The third-order valence-electron chi connectivity index (χ3n) is 14.8. The lowest BCUT2D eigenvalue weighted by atomic mass is 9.54. The van der Waals surface area contributed by atoms with Crippen LogP contribution in [0.4, 0.5) is 0 Å². The number of aromatic nitrogens is 2. The summed E-state index contributed by atoms with van der Waals surface area (Å²) in [5.41, 5.74) is 22.9. The van der Waals surface area contributed by atoms with Crippen molar-refractivity contribution < 1.29 is 0 Å². The number of fused-ring (bicyclic) bond motifs is 16. The molecule has 1 fully saturated rings. The van der Waals surface area contributed by atoms with Crippen LogP contribution < -0.4 is 0 Å². The quantitative estimate of drug-likeness (QED) is 0.176. The van der Waals surface area contributed by atoms with E-state index in [9.17, 15) is 5.26 Å². The molecule has 1 saturated carbocycles. The third-order valence-corrected chi connectivity index (χ3v) is 14.8. The van der Waals surface area contributed by atoms with Crippen LogP contribution in [-0.4, -0.2) is 9.38 Å². The summed E-state index contributed by atoms with van der Waals surface area (Å²) in [6, 6.07) is 54.3. The predicted octanol–water partition coefficient (Wildman–Crippen LogP) is 15.1. The van der Waals surface area contributed by atoms with Crippen molar-refractivity contribution in [2.45, 2.75) is 51.9 Å². The highest BCUT2D eigenvalue weighted by Gasteiger charge is 2.47. The first-order valence-electron chi connectivity index (χ1n) is 21.5. The molecule has 3 nitrogen and oxygen atoms in total. The second-order valence-electron chi connectivity index (χ2n) is 18.3. The van der Waals surface area contributed by atoms with E-state index in [1.54, 1.807) is 0 Å². The lowest BCUT2D eigenvalue weighted by Crippen LogP contribution is -2.36. The van der Waals surface area contributed by atoms with E-state index in [1.165, 1.54) is 106 Å². The second-order valence-corrected chi connectivity index (χ2v) is 18.3. The minimum Gasteiger partial charge on any atom is -0.306 e. The van der Waals surface area contributed by atoms with Gasteiger partial charge in [-0.25, -0.2) is 0 Å². The molecule has 2 unspecified atom stereocenters. The zero-order chi connectivity index (χ0) is 40.0. The van der Waals surface area contributed by atoms with E-state index in [-0.39, 0.29) is 5.41 Å². The van der Waals surface area contributed by atoms with Crippen LogP contribution in [0.3, 0.4) is 0 Å². The largest absolute Gasteiger partial charge is 0.306 e. The van der Waals surface area contributed by atoms with E-state index >= 15 is 0 Å². The first-order chi connectivity index (χ1) is 29.4. The molecule has 4 aliphatic rings. The van der Waals surface area contributed by atoms with Crippen LogP contribution in [0.2, 0.25) is 0 Å². The number of aryl methyl sites for hydroxylation is 1. The molecule has 3 heterocycles. The van der Waals surface area contributed by atoms with Gasteiger partial charge in [0.1, 0.15) is 0 Å². The summed E-state index contributed by atoms with van der Waals surface area (Å²) in [6.45, 7) is 7.15. The Labute approximate surface area is 349 Å². The van der Waals surface area contributed by atoms with Crippen molar-refractivity contribution in [2.75, 3.05) is 0 Å². The highest BCUT2D eigenvalue weighted by Crippen LogP contribution is 2.62. The van der Waals surface area contributed by atoms with Gasteiger partial charge in [-0.2, -0.15) is 5.26 Å². The standard InChI is InChI=1S/C57H41N3/c1-32-51-46-26-36(34-21-23-44-42-19-10-9-17-40(42)38-15-7-8-16-39(38)41-18-11-12-20-43(41)45(44)25-34)27-47-53-49(28-37(30-58)52-35-22-24-48(54(52)53)57(2,3)29-35)60(56(46)47)50(51)31-59-55(32)33-13-5-4-6-14-33/h4-21,23,25-28,31,35,48H,22,24,29H2,1-3H3. The monoisotopic (exact) mass is 767 g/mol. The lowest BCUT2D eigenvalue weighted by molar-refractivity contribution is 0.157. The zero-order valence-corrected chi connectivity index (χ0v) is 34.0. The molecule has 3 aromatic heterocycles. The molecule has 10 aromatic rings. The molecular formula is C57H41N3. The van der Waals surface area contributed by atoms with Crippen molar-refractivity contribution in [3.8, 4) is 73.0 Å². The molecule has 60 heavy (non-hydrogen) atoms. The average Bonchev–Trinajstić information content (AvgIpc) is 3.80. The van der Waals surface area contributed by atoms with Crippen molar-refractivity contribution in [3.63, 3.8) is 0 Å². The molecule has 284 valence electrons. The van der Waals surface area contributed by atoms with Gasteiger partial charge in [0.2, 0.25) is 0 Å². The van der Waals surface area contributed by atoms with Crippen molar-refractivity contribution >= 4 is 38.1 Å². The van der Waals surface area contributed by atoms with Crippen molar-refractivity contribution in [2.24, 2.45) is 5.41 Å². The van der Waals surface area contributed by atoms with Gasteiger partial charge in [0.25, 0.3) is 0 Å². The molecule has 0 aliphatic heterocycles. The Hall–Kier alpha value is -7.02. The molecule has 3 heteroatoms. The molecule has 0 saturated heterocycles. The molecule has 0 amide bonds. The summed E-state index contributed by atoms with van der Waals surface area (Å²) in [5, 5.41) is 15.9. The summed E-state index contributed by atoms with van der Waals surface area (Å²) in [4.78, 5) is 5.18. The summed E-state index contributed by atoms with van der Waals surface area (Å²) in [5.74, 6) is 0.809. The minimum absolute atomic E-state index is 0.161. The maximum absolute atomic E-state index is 10.8. The van der Waals surface area contributed by atoms with Crippen molar-refractivity contribution in [3.05, 3.63) is 168 Å². The van der Waals surface area contributed by atoms with Crippen LogP contribution >= 0.6 is 0 Å². The maximum atomic E-state index is 10.8. The highest BCUT2D eigenvalue weighted by molar-refractivity contribution is 6.26. The number of benzene rings is 7. The fourth-order valence-electron chi connectivity index (χ4n) is 12.3. The maximum Gasteiger partial charge on any atom is 0.0995 e. The Morgan fingerprint density at radius 1 is 0.583 bits per heavy atom. The van der Waals surface area contributed by atoms with Gasteiger partial charge in [-0.1, -0.05) is 129 Å². The van der Waals surface area contributed by atoms with Crippen LogP contribution in [0.5, 0.6) is 0 Å². The molecular weight excluding hydrogens is 727 g/mol. The van der Waals surface area contributed by atoms with Crippen LogP contribution in [0.1, 0.15) is 67.2 Å². The molecule has 4 aliphatic carbocycles. The van der Waals surface area contributed by atoms with Crippen LogP contribution in [0.15, 0.2) is 146 Å². The predicted molar refractivity (Wildman–Crippen MR) is 248 cm³/mol. The van der Waals surface area contributed by atoms with Crippen molar-refractivity contribution in [1.29, 1.82) is 5.26 Å².